The van der Waals surface area contributed by atoms with E-state index in [-0.39, 0.29) is 17.7 Å². The van der Waals surface area contributed by atoms with Gasteiger partial charge in [0.25, 0.3) is 5.91 Å². The molecule has 0 aromatic heterocycles. The number of likely N-dealkylation sites (tertiary alicyclic amines) is 1. The van der Waals surface area contributed by atoms with Crippen LogP contribution in [0.2, 0.25) is 0 Å². The molecule has 1 saturated heterocycles. The van der Waals surface area contributed by atoms with E-state index in [1.54, 1.807) is 13.2 Å². The summed E-state index contributed by atoms with van der Waals surface area (Å²) in [6, 6.07) is 15.4. The van der Waals surface area contributed by atoms with Gasteiger partial charge in [-0.05, 0) is 49.1 Å². The first-order valence-corrected chi connectivity index (χ1v) is 9.50. The van der Waals surface area contributed by atoms with Crippen LogP contribution in [0.25, 0.3) is 0 Å². The molecule has 2 aromatic rings. The van der Waals surface area contributed by atoms with Gasteiger partial charge in [0.2, 0.25) is 5.91 Å². The van der Waals surface area contributed by atoms with Crippen LogP contribution in [0, 0.1) is 5.92 Å². The second-order valence-corrected chi connectivity index (χ2v) is 7.17. The number of benzene rings is 2. The van der Waals surface area contributed by atoms with Gasteiger partial charge in [0, 0.05) is 36.8 Å². The van der Waals surface area contributed by atoms with Gasteiger partial charge < -0.3 is 14.5 Å². The molecule has 2 amide bonds. The van der Waals surface area contributed by atoms with Crippen LogP contribution in [-0.2, 0) is 11.2 Å². The predicted molar refractivity (Wildman–Crippen MR) is 104 cm³/mol. The molecular weight excluding hydrogens is 340 g/mol. The van der Waals surface area contributed by atoms with Crippen molar-refractivity contribution in [2.45, 2.75) is 19.3 Å². The van der Waals surface area contributed by atoms with Crippen molar-refractivity contribution in [3.8, 4) is 5.75 Å². The van der Waals surface area contributed by atoms with Crippen molar-refractivity contribution in [3.63, 3.8) is 0 Å². The fraction of sp³-hybridized carbons (Fsp3) is 0.364. The summed E-state index contributed by atoms with van der Waals surface area (Å²) in [5.74, 6) is 0.879. The molecule has 0 N–H and O–H groups in total. The van der Waals surface area contributed by atoms with Crippen LogP contribution in [0.3, 0.4) is 0 Å². The Balaban J connectivity index is 1.39. The summed E-state index contributed by atoms with van der Waals surface area (Å²) < 4.78 is 5.21. The molecule has 2 aliphatic heterocycles. The standard InChI is InChI=1S/C22H24N2O3/c1-27-19-7-4-6-18(15-19)21(25)23-12-9-17(10-13-23)22(26)24-14-11-16-5-2-3-8-20(16)24/h2-8,15,17H,9-14H2,1H3. The van der Waals surface area contributed by atoms with Crippen LogP contribution < -0.4 is 9.64 Å². The Bertz CT molecular complexity index is 856. The number of anilines is 1. The largest absolute Gasteiger partial charge is 0.497 e. The van der Waals surface area contributed by atoms with E-state index in [0.717, 1.165) is 18.7 Å². The van der Waals surface area contributed by atoms with E-state index >= 15 is 0 Å². The molecule has 2 aliphatic rings. The number of hydrogen-bond acceptors (Lipinski definition) is 3. The first kappa shape index (κ1) is 17.6. The molecule has 0 bridgehead atoms. The van der Waals surface area contributed by atoms with E-state index in [9.17, 15) is 9.59 Å². The van der Waals surface area contributed by atoms with Gasteiger partial charge in [0.15, 0.2) is 0 Å². The molecular formula is C22H24N2O3. The summed E-state index contributed by atoms with van der Waals surface area (Å²) in [6.07, 6.45) is 2.36. The van der Waals surface area contributed by atoms with Gasteiger partial charge in [-0.3, -0.25) is 9.59 Å². The molecule has 140 valence electrons. The molecule has 1 fully saturated rings. The van der Waals surface area contributed by atoms with Crippen molar-refractivity contribution in [2.24, 2.45) is 5.92 Å². The molecule has 0 radical (unpaired) electrons. The van der Waals surface area contributed by atoms with E-state index < -0.39 is 0 Å². The number of rotatable bonds is 3. The quantitative estimate of drug-likeness (QED) is 0.841. The molecule has 5 nitrogen and oxygen atoms in total. The Hall–Kier alpha value is -2.82. The number of carbonyl (C=O) groups is 2. The zero-order chi connectivity index (χ0) is 18.8. The summed E-state index contributed by atoms with van der Waals surface area (Å²) >= 11 is 0. The van der Waals surface area contributed by atoms with Gasteiger partial charge in [-0.15, -0.1) is 0 Å². The molecule has 2 heterocycles. The third-order valence-corrected chi connectivity index (χ3v) is 5.60. The number of carbonyl (C=O) groups excluding carboxylic acids is 2. The fourth-order valence-corrected chi connectivity index (χ4v) is 4.06. The second-order valence-electron chi connectivity index (χ2n) is 7.17. The lowest BCUT2D eigenvalue weighted by Gasteiger charge is -2.33. The molecule has 27 heavy (non-hydrogen) atoms. The average Bonchev–Trinajstić information content (AvgIpc) is 3.17. The number of para-hydroxylation sites is 1. The fourth-order valence-electron chi connectivity index (χ4n) is 4.06. The summed E-state index contributed by atoms with van der Waals surface area (Å²) in [5.41, 5.74) is 2.93. The molecule has 0 aliphatic carbocycles. The first-order valence-electron chi connectivity index (χ1n) is 9.50. The Labute approximate surface area is 159 Å². The molecule has 5 heteroatoms. The van der Waals surface area contributed by atoms with E-state index in [0.29, 0.717) is 37.2 Å². The molecule has 0 saturated carbocycles. The van der Waals surface area contributed by atoms with Crippen molar-refractivity contribution in [1.82, 2.24) is 4.90 Å². The number of amides is 2. The molecule has 0 spiro atoms. The zero-order valence-electron chi connectivity index (χ0n) is 15.6. The van der Waals surface area contributed by atoms with Gasteiger partial charge >= 0.3 is 0 Å². The lowest BCUT2D eigenvalue weighted by atomic mass is 9.94. The van der Waals surface area contributed by atoms with Gasteiger partial charge in [-0.1, -0.05) is 24.3 Å². The highest BCUT2D eigenvalue weighted by Gasteiger charge is 2.33. The van der Waals surface area contributed by atoms with Gasteiger partial charge in [0.05, 0.1) is 7.11 Å². The SMILES string of the molecule is COc1cccc(C(=O)N2CCC(C(=O)N3CCc4ccccc43)CC2)c1. The zero-order valence-corrected chi connectivity index (χ0v) is 15.6. The lowest BCUT2D eigenvalue weighted by Crippen LogP contribution is -2.44. The minimum atomic E-state index is -0.00878. The summed E-state index contributed by atoms with van der Waals surface area (Å²) in [5, 5.41) is 0. The summed E-state index contributed by atoms with van der Waals surface area (Å²) in [7, 11) is 1.59. The smallest absolute Gasteiger partial charge is 0.253 e. The highest BCUT2D eigenvalue weighted by molar-refractivity contribution is 5.98. The summed E-state index contributed by atoms with van der Waals surface area (Å²) in [6.45, 7) is 1.99. The third kappa shape index (κ3) is 3.42. The number of hydrogen-bond donors (Lipinski definition) is 0. The van der Waals surface area contributed by atoms with Crippen LogP contribution in [-0.4, -0.2) is 43.5 Å². The van der Waals surface area contributed by atoms with Gasteiger partial charge in [-0.2, -0.15) is 0 Å². The molecule has 0 atom stereocenters. The van der Waals surface area contributed by atoms with Crippen molar-refractivity contribution in [3.05, 3.63) is 59.7 Å². The highest BCUT2D eigenvalue weighted by Crippen LogP contribution is 2.31. The minimum Gasteiger partial charge on any atom is -0.497 e. The van der Waals surface area contributed by atoms with E-state index in [1.807, 2.05) is 46.2 Å². The summed E-state index contributed by atoms with van der Waals surface area (Å²) in [4.78, 5) is 29.5. The number of piperidine rings is 1. The topological polar surface area (TPSA) is 49.9 Å². The minimum absolute atomic E-state index is 0.00585. The normalized spacial score (nSPS) is 16.9. The van der Waals surface area contributed by atoms with Crippen LogP contribution >= 0.6 is 0 Å². The third-order valence-electron chi connectivity index (χ3n) is 5.60. The van der Waals surface area contributed by atoms with Crippen LogP contribution in [0.15, 0.2) is 48.5 Å². The maximum Gasteiger partial charge on any atom is 0.253 e. The lowest BCUT2D eigenvalue weighted by molar-refractivity contribution is -0.123. The van der Waals surface area contributed by atoms with Crippen LogP contribution in [0.1, 0.15) is 28.8 Å². The Morgan fingerprint density at radius 2 is 1.78 bits per heavy atom. The van der Waals surface area contributed by atoms with E-state index in [4.69, 9.17) is 4.74 Å². The predicted octanol–water partition coefficient (Wildman–Crippen LogP) is 3.14. The highest BCUT2D eigenvalue weighted by atomic mass is 16.5. The second kappa shape index (κ2) is 7.43. The van der Waals surface area contributed by atoms with Gasteiger partial charge in [0.1, 0.15) is 5.75 Å². The maximum atomic E-state index is 13.0. The molecule has 0 unspecified atom stereocenters. The first-order chi connectivity index (χ1) is 13.2. The Morgan fingerprint density at radius 3 is 2.56 bits per heavy atom. The van der Waals surface area contributed by atoms with Gasteiger partial charge in [-0.25, -0.2) is 0 Å². The number of nitrogens with zero attached hydrogens (tertiary/aromatic N) is 2. The van der Waals surface area contributed by atoms with E-state index in [1.165, 1.54) is 5.56 Å². The Morgan fingerprint density at radius 1 is 1.00 bits per heavy atom. The van der Waals surface area contributed by atoms with Crippen molar-refractivity contribution >= 4 is 17.5 Å². The van der Waals surface area contributed by atoms with Crippen LogP contribution in [0.4, 0.5) is 5.69 Å². The molecule has 4 rings (SSSR count). The van der Waals surface area contributed by atoms with E-state index in [2.05, 4.69) is 6.07 Å². The average molecular weight is 364 g/mol. The van der Waals surface area contributed by atoms with Crippen molar-refractivity contribution in [1.29, 1.82) is 0 Å². The Kier molecular flexibility index (Phi) is 4.84. The van der Waals surface area contributed by atoms with Crippen molar-refractivity contribution in [2.75, 3.05) is 31.6 Å². The number of fused-ring (bicyclic) bond motifs is 1. The number of ether oxygens (including phenoxy) is 1. The van der Waals surface area contributed by atoms with Crippen molar-refractivity contribution < 1.29 is 14.3 Å². The number of methoxy groups -OCH3 is 1. The maximum absolute atomic E-state index is 13.0. The molecule has 2 aromatic carbocycles. The van der Waals surface area contributed by atoms with Crippen LogP contribution in [0.5, 0.6) is 5.75 Å². The monoisotopic (exact) mass is 364 g/mol.